The molecule has 22 heteroatoms. The van der Waals surface area contributed by atoms with Gasteiger partial charge in [0, 0.05) is 67.4 Å². The minimum absolute atomic E-state index is 0.0219. The van der Waals surface area contributed by atoms with Crippen LogP contribution in [0.5, 0.6) is 17.2 Å². The fraction of sp³-hybridized carbons (Fsp3) is 0.571. The second kappa shape index (κ2) is 20.2. The molecule has 5 rings (SSSR count). The number of aliphatic hydroxyl groups is 1. The number of fused-ring (bicyclic) bond motifs is 2. The predicted molar refractivity (Wildman–Crippen MR) is 209 cm³/mol. The third kappa shape index (κ3) is 11.7. The van der Waals surface area contributed by atoms with Crippen molar-refractivity contribution in [3.8, 4) is 17.2 Å². The van der Waals surface area contributed by atoms with E-state index in [9.17, 15) is 48.6 Å². The number of methoxy groups -OCH3 is 1. The van der Waals surface area contributed by atoms with Gasteiger partial charge in [-0.15, -0.1) is 0 Å². The molecule has 3 aliphatic rings. The van der Waals surface area contributed by atoms with Gasteiger partial charge in [-0.2, -0.15) is 0 Å². The van der Waals surface area contributed by atoms with Crippen molar-refractivity contribution in [2.24, 2.45) is 0 Å². The number of carbonyl (C=O) groups is 8. The van der Waals surface area contributed by atoms with Crippen molar-refractivity contribution in [2.45, 2.75) is 135 Å². The lowest BCUT2D eigenvalue weighted by Gasteiger charge is -2.46. The highest BCUT2D eigenvalue weighted by Crippen LogP contribution is 2.45. The average molecular weight is 907 g/mol. The maximum atomic E-state index is 13.3. The van der Waals surface area contributed by atoms with Crippen LogP contribution >= 0.6 is 0 Å². The summed E-state index contributed by atoms with van der Waals surface area (Å²) in [6.07, 6.45) is -16.8. The number of rotatable bonds is 14. The first-order valence-electron chi connectivity index (χ1n) is 19.9. The summed E-state index contributed by atoms with van der Waals surface area (Å²) in [5.41, 5.74) is -1.12. The van der Waals surface area contributed by atoms with Crippen LogP contribution in [0.25, 0.3) is 10.8 Å². The van der Waals surface area contributed by atoms with E-state index in [1.807, 2.05) is 0 Å². The second-order valence-corrected chi connectivity index (χ2v) is 15.5. The Morgan fingerprint density at radius 2 is 1.11 bits per heavy atom. The SMILES string of the molecule is COc1cc(O[C@@H]2O[C@H](CO[C@@H]3O[C@H](COC(C)=O)[C@@H](OC(C)=O)[C@H](OC(C)=O)[C@H]3OC(C)=O)[C@@H](OC(C)=O)[C@H](OC(C)=O)[C@H]2OC(C)=O)c2c(O)c3c(cc2c1)C[C@](C)(O)CC3=O. The number of hydrogen-bond donors (Lipinski definition) is 2. The van der Waals surface area contributed by atoms with Crippen molar-refractivity contribution in [3.05, 3.63) is 29.3 Å². The summed E-state index contributed by atoms with van der Waals surface area (Å²) in [6, 6.07) is 4.43. The molecule has 2 heterocycles. The summed E-state index contributed by atoms with van der Waals surface area (Å²) in [4.78, 5) is 100. The molecule has 2 aromatic rings. The fourth-order valence-corrected chi connectivity index (χ4v) is 7.81. The minimum Gasteiger partial charge on any atom is -0.506 e. The summed E-state index contributed by atoms with van der Waals surface area (Å²) in [6.45, 7) is 7.42. The largest absolute Gasteiger partial charge is 0.506 e. The van der Waals surface area contributed by atoms with Crippen molar-refractivity contribution >= 4 is 58.3 Å². The zero-order valence-electron chi connectivity index (χ0n) is 36.4. The highest BCUT2D eigenvalue weighted by molar-refractivity contribution is 6.09. The molecular weight excluding hydrogens is 856 g/mol. The number of carbonyl (C=O) groups excluding carboxylic acids is 8. The molecule has 0 amide bonds. The molecule has 2 fully saturated rings. The molecule has 11 atom stereocenters. The Labute approximate surface area is 365 Å². The van der Waals surface area contributed by atoms with Crippen LogP contribution in [0.4, 0.5) is 0 Å². The third-order valence-corrected chi connectivity index (χ3v) is 9.97. The fourth-order valence-electron chi connectivity index (χ4n) is 7.81. The van der Waals surface area contributed by atoms with Gasteiger partial charge in [0.15, 0.2) is 42.6 Å². The number of phenols is 1. The van der Waals surface area contributed by atoms with Crippen LogP contribution in [-0.4, -0.2) is 145 Å². The molecule has 2 aromatic carbocycles. The van der Waals surface area contributed by atoms with Gasteiger partial charge < -0.3 is 67.1 Å². The van der Waals surface area contributed by atoms with Crippen LogP contribution in [0, 0.1) is 0 Å². The summed E-state index contributed by atoms with van der Waals surface area (Å²) in [5, 5.41) is 22.7. The number of hydrogen-bond acceptors (Lipinski definition) is 22. The minimum atomic E-state index is -1.83. The van der Waals surface area contributed by atoms with Gasteiger partial charge >= 0.3 is 41.8 Å². The Morgan fingerprint density at radius 1 is 0.641 bits per heavy atom. The summed E-state index contributed by atoms with van der Waals surface area (Å²) in [7, 11) is 1.35. The number of phenolic OH excluding ortho intramolecular Hbond substituents is 1. The highest BCUT2D eigenvalue weighted by atomic mass is 16.8. The third-order valence-electron chi connectivity index (χ3n) is 9.97. The van der Waals surface area contributed by atoms with Gasteiger partial charge in [-0.25, -0.2) is 0 Å². The second-order valence-electron chi connectivity index (χ2n) is 15.5. The van der Waals surface area contributed by atoms with Crippen molar-refractivity contribution in [3.63, 3.8) is 0 Å². The molecule has 22 nitrogen and oxygen atoms in total. The zero-order valence-corrected chi connectivity index (χ0v) is 36.4. The smallest absolute Gasteiger partial charge is 0.303 e. The van der Waals surface area contributed by atoms with E-state index < -0.39 is 134 Å². The molecule has 1 aliphatic carbocycles. The normalized spacial score (nSPS) is 28.7. The predicted octanol–water partition coefficient (Wildman–Crippen LogP) is 1.43. The molecule has 2 saturated heterocycles. The Morgan fingerprint density at radius 3 is 1.61 bits per heavy atom. The number of Topliss-reactive ketones (excluding diaryl/α,β-unsaturated/α-hetero) is 1. The van der Waals surface area contributed by atoms with Crippen molar-refractivity contribution in [1.82, 2.24) is 0 Å². The van der Waals surface area contributed by atoms with Crippen molar-refractivity contribution < 1.29 is 105 Å². The van der Waals surface area contributed by atoms with Crippen LogP contribution in [0.3, 0.4) is 0 Å². The van der Waals surface area contributed by atoms with Crippen LogP contribution in [0.2, 0.25) is 0 Å². The van der Waals surface area contributed by atoms with Crippen LogP contribution in [-0.2, 0) is 87.4 Å². The van der Waals surface area contributed by atoms with Crippen LogP contribution in [0.15, 0.2) is 18.2 Å². The highest BCUT2D eigenvalue weighted by Gasteiger charge is 2.56. The summed E-state index contributed by atoms with van der Waals surface area (Å²) in [5.74, 6) is -7.38. The van der Waals surface area contributed by atoms with Crippen LogP contribution in [0.1, 0.15) is 77.7 Å². The maximum Gasteiger partial charge on any atom is 0.303 e. The standard InChI is InChI=1S/C42H50O22/c1-17(43)54-15-29-34(56-18(2)44)36(58-20(4)46)38(60-22(6)48)40(63-29)55-16-30-35(57-19(3)45)37(59-21(5)47)39(61-23(7)49)41(64-30)62-28-12-26(53-9)11-24-10-25-13-42(8,52)14-27(50)31(25)33(51)32(24)28/h10-12,29-30,34-41,51-52H,13-16H2,1-9H3/t29-,30-,34-,35-,36+,37+,38-,39-,40-,41-,42+/m1/s1. The Hall–Kier alpha value is -6.10. The van der Waals surface area contributed by atoms with E-state index in [2.05, 4.69) is 0 Å². The first-order valence-corrected chi connectivity index (χ1v) is 19.9. The van der Waals surface area contributed by atoms with Crippen molar-refractivity contribution in [2.75, 3.05) is 20.3 Å². The molecule has 2 aliphatic heterocycles. The van der Waals surface area contributed by atoms with E-state index in [4.69, 9.17) is 56.8 Å². The maximum absolute atomic E-state index is 13.3. The van der Waals surface area contributed by atoms with Gasteiger partial charge in [0.2, 0.25) is 12.4 Å². The Balaban J connectivity index is 1.61. The molecule has 0 unspecified atom stereocenters. The summed E-state index contributed by atoms with van der Waals surface area (Å²) >= 11 is 0. The molecular formula is C42H50O22. The number of ketones is 1. The number of esters is 7. The lowest BCUT2D eigenvalue weighted by Crippen LogP contribution is -2.65. The molecule has 0 spiro atoms. The molecule has 350 valence electrons. The molecule has 0 saturated carbocycles. The summed E-state index contributed by atoms with van der Waals surface area (Å²) < 4.78 is 68.7. The van der Waals surface area contributed by atoms with Gasteiger partial charge in [-0.3, -0.25) is 38.4 Å². The molecule has 2 N–H and O–H groups in total. The monoisotopic (exact) mass is 906 g/mol. The van der Waals surface area contributed by atoms with Gasteiger partial charge in [0.1, 0.15) is 36.1 Å². The van der Waals surface area contributed by atoms with Gasteiger partial charge in [-0.1, -0.05) is 0 Å². The van der Waals surface area contributed by atoms with Gasteiger partial charge in [0.25, 0.3) is 0 Å². The lowest BCUT2D eigenvalue weighted by atomic mass is 9.79. The topological polar surface area (TPSA) is 288 Å². The molecule has 0 radical (unpaired) electrons. The quantitative estimate of drug-likeness (QED) is 0.200. The Bertz CT molecular complexity index is 2160. The van der Waals surface area contributed by atoms with Crippen molar-refractivity contribution in [1.29, 1.82) is 0 Å². The average Bonchev–Trinajstić information content (AvgIpc) is 3.15. The lowest BCUT2D eigenvalue weighted by molar-refractivity contribution is -0.327. The first kappa shape index (κ1) is 48.9. The molecule has 0 aromatic heterocycles. The van der Waals surface area contributed by atoms with E-state index in [0.29, 0.717) is 5.56 Å². The molecule has 0 bridgehead atoms. The zero-order chi connectivity index (χ0) is 47.4. The van der Waals surface area contributed by atoms with E-state index >= 15 is 0 Å². The van der Waals surface area contributed by atoms with E-state index in [-0.39, 0.29) is 40.7 Å². The van der Waals surface area contributed by atoms with Gasteiger partial charge in [0.05, 0.1) is 30.3 Å². The van der Waals surface area contributed by atoms with Gasteiger partial charge in [-0.05, 0) is 30.0 Å². The number of ether oxygens (including phenoxy) is 12. The van der Waals surface area contributed by atoms with E-state index in [1.54, 1.807) is 6.07 Å². The van der Waals surface area contributed by atoms with Crippen LogP contribution < -0.4 is 9.47 Å². The number of aromatic hydroxyl groups is 1. The molecule has 64 heavy (non-hydrogen) atoms. The van der Waals surface area contributed by atoms with E-state index in [0.717, 1.165) is 48.5 Å². The first-order chi connectivity index (χ1) is 30.0. The number of benzene rings is 2. The Kier molecular flexibility index (Phi) is 15.4. The van der Waals surface area contributed by atoms with E-state index in [1.165, 1.54) is 26.2 Å².